The zero-order valence-corrected chi connectivity index (χ0v) is 37.4. The number of aliphatic hydroxyl groups excluding tert-OH is 5. The standard InChI is InChI=1S/C44H85O13P/c1-4-6-8-10-12-13-14-15-16-17-19-23-28-32-38(46)56-36(34-55-58(52,53)57-44-42(50)40(48)39(47)41(49)43(44)51)33-54-37(45)31-27-24-20-22-26-30-35(3)29-25-21-18-11-9-7-5-2/h35-36,39-44,47-51H,4-34H2,1-3H3,(H,52,53)/t35-,36+,39?,40+,41+,42-,43+,44?/m0/s1. The Labute approximate surface area is 351 Å². The van der Waals surface area contributed by atoms with Crippen molar-refractivity contribution < 1.29 is 63.1 Å². The number of phosphoric ester groups is 1. The lowest BCUT2D eigenvalue weighted by Gasteiger charge is -2.41. The zero-order chi connectivity index (χ0) is 43.0. The first-order valence-electron chi connectivity index (χ1n) is 23.2. The van der Waals surface area contributed by atoms with Crippen LogP contribution in [0, 0.1) is 5.92 Å². The summed E-state index contributed by atoms with van der Waals surface area (Å²) >= 11 is 0. The Morgan fingerprint density at radius 3 is 1.31 bits per heavy atom. The highest BCUT2D eigenvalue weighted by Gasteiger charge is 2.51. The van der Waals surface area contributed by atoms with E-state index in [1.54, 1.807) is 0 Å². The van der Waals surface area contributed by atoms with Crippen molar-refractivity contribution in [1.29, 1.82) is 0 Å². The fourth-order valence-electron chi connectivity index (χ4n) is 7.48. The van der Waals surface area contributed by atoms with Crippen LogP contribution in [0.15, 0.2) is 0 Å². The monoisotopic (exact) mass is 853 g/mol. The van der Waals surface area contributed by atoms with Crippen LogP contribution in [0.2, 0.25) is 0 Å². The van der Waals surface area contributed by atoms with E-state index in [0.29, 0.717) is 12.8 Å². The molecule has 0 amide bonds. The Kier molecular flexibility index (Phi) is 32.6. The van der Waals surface area contributed by atoms with Gasteiger partial charge in [-0.05, 0) is 18.8 Å². The summed E-state index contributed by atoms with van der Waals surface area (Å²) in [6.45, 7) is 5.64. The summed E-state index contributed by atoms with van der Waals surface area (Å²) in [5, 5.41) is 50.1. The maximum absolute atomic E-state index is 12.8. The van der Waals surface area contributed by atoms with Gasteiger partial charge in [0.2, 0.25) is 0 Å². The minimum atomic E-state index is -5.11. The van der Waals surface area contributed by atoms with Gasteiger partial charge < -0.3 is 39.9 Å². The van der Waals surface area contributed by atoms with E-state index < -0.39 is 75.7 Å². The van der Waals surface area contributed by atoms with Crippen LogP contribution in [0.4, 0.5) is 0 Å². The van der Waals surface area contributed by atoms with Crippen molar-refractivity contribution in [3.05, 3.63) is 0 Å². The van der Waals surface area contributed by atoms with E-state index in [4.69, 9.17) is 18.5 Å². The molecule has 0 bridgehead atoms. The van der Waals surface area contributed by atoms with Gasteiger partial charge in [-0.25, -0.2) is 4.57 Å². The predicted octanol–water partition coefficient (Wildman–Crippen LogP) is 8.75. The van der Waals surface area contributed by atoms with Gasteiger partial charge in [-0.15, -0.1) is 0 Å². The molecule has 1 fully saturated rings. The van der Waals surface area contributed by atoms with Gasteiger partial charge in [-0.3, -0.25) is 18.6 Å². The SMILES string of the molecule is CCCCCCCCCCCCCCCC(=O)O[C@H](COC(=O)CCCCCCC[C@@H](C)CCCCCCCCC)COP(=O)(O)OC1[C@@H](O)[C@H](O)C(O)[C@@H](O)[C@H]1O. The molecule has 1 aliphatic rings. The topological polar surface area (TPSA) is 210 Å². The molecule has 9 atom stereocenters. The van der Waals surface area contributed by atoms with E-state index in [2.05, 4.69) is 20.8 Å². The molecule has 6 N–H and O–H groups in total. The molecule has 13 nitrogen and oxygen atoms in total. The average Bonchev–Trinajstić information content (AvgIpc) is 3.20. The third kappa shape index (κ3) is 26.9. The molecule has 0 radical (unpaired) electrons. The quantitative estimate of drug-likeness (QED) is 0.0195. The lowest BCUT2D eigenvalue weighted by atomic mass is 9.85. The highest BCUT2D eigenvalue weighted by molar-refractivity contribution is 7.47. The first-order chi connectivity index (χ1) is 27.8. The minimum Gasteiger partial charge on any atom is -0.462 e. The van der Waals surface area contributed by atoms with Crippen molar-refractivity contribution in [2.75, 3.05) is 13.2 Å². The molecule has 0 spiro atoms. The number of hydrogen-bond donors (Lipinski definition) is 6. The van der Waals surface area contributed by atoms with Crippen LogP contribution in [-0.4, -0.2) is 98.3 Å². The van der Waals surface area contributed by atoms with Gasteiger partial charge in [0.15, 0.2) is 6.10 Å². The number of rotatable bonds is 38. The Balaban J connectivity index is 2.48. The van der Waals surface area contributed by atoms with Crippen LogP contribution in [-0.2, 0) is 32.7 Å². The summed E-state index contributed by atoms with van der Waals surface area (Å²) in [6, 6.07) is 0. The molecule has 0 aromatic heterocycles. The van der Waals surface area contributed by atoms with E-state index in [9.17, 15) is 44.6 Å². The molecule has 1 rings (SSSR count). The third-order valence-corrected chi connectivity index (χ3v) is 12.3. The average molecular weight is 853 g/mol. The second-order valence-electron chi connectivity index (χ2n) is 16.9. The number of esters is 2. The van der Waals surface area contributed by atoms with Gasteiger partial charge in [-0.1, -0.05) is 181 Å². The second kappa shape index (κ2) is 34.4. The van der Waals surface area contributed by atoms with Crippen LogP contribution < -0.4 is 0 Å². The minimum absolute atomic E-state index is 0.103. The summed E-state index contributed by atoms with van der Waals surface area (Å²) in [4.78, 5) is 35.7. The largest absolute Gasteiger partial charge is 0.472 e. The molecule has 0 aromatic rings. The smallest absolute Gasteiger partial charge is 0.462 e. The number of carbonyl (C=O) groups excluding carboxylic acids is 2. The number of aliphatic hydroxyl groups is 5. The molecule has 0 saturated heterocycles. The Morgan fingerprint density at radius 2 is 0.879 bits per heavy atom. The van der Waals surface area contributed by atoms with Crippen molar-refractivity contribution in [3.63, 3.8) is 0 Å². The molecule has 14 heteroatoms. The molecule has 0 aromatic carbocycles. The molecule has 1 aliphatic carbocycles. The van der Waals surface area contributed by atoms with Crippen molar-refractivity contribution in [1.82, 2.24) is 0 Å². The van der Waals surface area contributed by atoms with Crippen LogP contribution in [0.3, 0.4) is 0 Å². The summed E-state index contributed by atoms with van der Waals surface area (Å²) in [5.41, 5.74) is 0. The third-order valence-electron chi connectivity index (χ3n) is 11.3. The molecule has 3 unspecified atom stereocenters. The van der Waals surface area contributed by atoms with E-state index in [0.717, 1.165) is 44.4 Å². The number of carbonyl (C=O) groups is 2. The summed E-state index contributed by atoms with van der Waals surface area (Å²) in [6.07, 6.45) is 18.7. The Bertz CT molecular complexity index is 1050. The van der Waals surface area contributed by atoms with Gasteiger partial charge in [-0.2, -0.15) is 0 Å². The Hall–Kier alpha value is -1.15. The van der Waals surface area contributed by atoms with Gasteiger partial charge >= 0.3 is 19.8 Å². The summed E-state index contributed by atoms with van der Waals surface area (Å²) in [5.74, 6) is -0.353. The summed E-state index contributed by atoms with van der Waals surface area (Å²) < 4.78 is 33.5. The van der Waals surface area contributed by atoms with Crippen molar-refractivity contribution in [3.8, 4) is 0 Å². The normalized spacial score (nSPS) is 23.0. The van der Waals surface area contributed by atoms with Crippen LogP contribution in [0.1, 0.15) is 207 Å². The summed E-state index contributed by atoms with van der Waals surface area (Å²) in [7, 11) is -5.11. The van der Waals surface area contributed by atoms with E-state index in [-0.39, 0.29) is 12.8 Å². The van der Waals surface area contributed by atoms with Crippen molar-refractivity contribution in [2.24, 2.45) is 5.92 Å². The number of unbranched alkanes of at least 4 members (excludes halogenated alkanes) is 22. The van der Waals surface area contributed by atoms with Gasteiger partial charge in [0.1, 0.15) is 43.2 Å². The predicted molar refractivity (Wildman–Crippen MR) is 226 cm³/mol. The Morgan fingerprint density at radius 1 is 0.517 bits per heavy atom. The first-order valence-corrected chi connectivity index (χ1v) is 24.7. The van der Waals surface area contributed by atoms with E-state index in [1.807, 2.05) is 0 Å². The van der Waals surface area contributed by atoms with Crippen LogP contribution in [0.25, 0.3) is 0 Å². The first kappa shape index (κ1) is 54.9. The molecule has 344 valence electrons. The van der Waals surface area contributed by atoms with Crippen LogP contribution in [0.5, 0.6) is 0 Å². The van der Waals surface area contributed by atoms with Gasteiger partial charge in [0, 0.05) is 12.8 Å². The molecule has 0 heterocycles. The maximum Gasteiger partial charge on any atom is 0.472 e. The van der Waals surface area contributed by atoms with Crippen molar-refractivity contribution >= 4 is 19.8 Å². The van der Waals surface area contributed by atoms with Crippen LogP contribution >= 0.6 is 7.82 Å². The lowest BCUT2D eigenvalue weighted by Crippen LogP contribution is -2.64. The highest BCUT2D eigenvalue weighted by atomic mass is 31.2. The molecule has 1 saturated carbocycles. The second-order valence-corrected chi connectivity index (χ2v) is 18.3. The van der Waals surface area contributed by atoms with Gasteiger partial charge in [0.05, 0.1) is 6.61 Å². The maximum atomic E-state index is 12.8. The zero-order valence-electron chi connectivity index (χ0n) is 36.5. The molecular weight excluding hydrogens is 767 g/mol. The fourth-order valence-corrected chi connectivity index (χ4v) is 8.45. The van der Waals surface area contributed by atoms with Crippen molar-refractivity contribution in [2.45, 2.75) is 250 Å². The number of hydrogen-bond acceptors (Lipinski definition) is 12. The fraction of sp³-hybridized carbons (Fsp3) is 0.955. The lowest BCUT2D eigenvalue weighted by molar-refractivity contribution is -0.220. The number of phosphoric acid groups is 1. The molecular formula is C44H85O13P. The highest BCUT2D eigenvalue weighted by Crippen LogP contribution is 2.47. The van der Waals surface area contributed by atoms with Gasteiger partial charge in [0.25, 0.3) is 0 Å². The van der Waals surface area contributed by atoms with E-state index >= 15 is 0 Å². The van der Waals surface area contributed by atoms with E-state index in [1.165, 1.54) is 122 Å². The molecule has 58 heavy (non-hydrogen) atoms. The molecule has 0 aliphatic heterocycles. The number of ether oxygens (including phenoxy) is 2.